The van der Waals surface area contributed by atoms with Crippen LogP contribution in [-0.2, 0) is 5.88 Å². The van der Waals surface area contributed by atoms with E-state index in [1.54, 1.807) is 0 Å². The Kier molecular flexibility index (Phi) is 2.55. The monoisotopic (exact) mass is 206 g/mol. The molecule has 1 heterocycles. The van der Waals surface area contributed by atoms with Crippen molar-refractivity contribution in [3.05, 3.63) is 41.6 Å². The summed E-state index contributed by atoms with van der Waals surface area (Å²) in [5.41, 5.74) is 4.28. The normalized spacial score (nSPS) is 10.4. The topological polar surface area (TPSA) is 28.7 Å². The number of aromatic amines is 1. The van der Waals surface area contributed by atoms with Gasteiger partial charge in [0.05, 0.1) is 17.3 Å². The van der Waals surface area contributed by atoms with Gasteiger partial charge >= 0.3 is 0 Å². The summed E-state index contributed by atoms with van der Waals surface area (Å²) in [5.74, 6) is 0.471. The van der Waals surface area contributed by atoms with Crippen LogP contribution in [-0.4, -0.2) is 10.2 Å². The highest BCUT2D eigenvalue weighted by molar-refractivity contribution is 6.16. The van der Waals surface area contributed by atoms with Gasteiger partial charge in [-0.15, -0.1) is 11.6 Å². The molecule has 14 heavy (non-hydrogen) atoms. The molecule has 0 aliphatic rings. The van der Waals surface area contributed by atoms with Crippen LogP contribution in [0.15, 0.2) is 30.3 Å². The molecule has 0 saturated heterocycles. The highest BCUT2D eigenvalue weighted by atomic mass is 35.5. The highest BCUT2D eigenvalue weighted by Crippen LogP contribution is 2.21. The van der Waals surface area contributed by atoms with Crippen LogP contribution < -0.4 is 0 Å². The summed E-state index contributed by atoms with van der Waals surface area (Å²) < 4.78 is 0. The van der Waals surface area contributed by atoms with Crippen LogP contribution >= 0.6 is 11.6 Å². The maximum Gasteiger partial charge on any atom is 0.0926 e. The molecule has 0 bridgehead atoms. The molecule has 1 aromatic heterocycles. The Morgan fingerprint density at radius 2 is 2.14 bits per heavy atom. The van der Waals surface area contributed by atoms with E-state index in [0.717, 1.165) is 17.0 Å². The number of aryl methyl sites for hydroxylation is 1. The van der Waals surface area contributed by atoms with Gasteiger partial charge in [0.2, 0.25) is 0 Å². The fourth-order valence-electron chi connectivity index (χ4n) is 1.43. The largest absolute Gasteiger partial charge is 0.281 e. The van der Waals surface area contributed by atoms with E-state index in [1.165, 1.54) is 5.56 Å². The van der Waals surface area contributed by atoms with Gasteiger partial charge in [0.1, 0.15) is 0 Å². The standard InChI is InChI=1S/C11H11ClN2/c1-8-4-2-3-5-10(8)11-6-9(7-12)13-14-11/h2-6H,7H2,1H3,(H,13,14). The Bertz CT molecular complexity index is 434. The van der Waals surface area contributed by atoms with Gasteiger partial charge in [-0.2, -0.15) is 5.10 Å². The second-order valence-corrected chi connectivity index (χ2v) is 3.49. The molecule has 0 amide bonds. The molecule has 0 spiro atoms. The maximum absolute atomic E-state index is 5.70. The molecule has 1 N–H and O–H groups in total. The minimum Gasteiger partial charge on any atom is -0.281 e. The summed E-state index contributed by atoms with van der Waals surface area (Å²) in [6, 6.07) is 10.1. The second kappa shape index (κ2) is 3.84. The molecule has 0 unspecified atom stereocenters. The first-order valence-electron chi connectivity index (χ1n) is 4.47. The molecular formula is C11H11ClN2. The van der Waals surface area contributed by atoms with Gasteiger partial charge in [0, 0.05) is 5.56 Å². The van der Waals surface area contributed by atoms with Crippen molar-refractivity contribution in [3.63, 3.8) is 0 Å². The van der Waals surface area contributed by atoms with Gasteiger partial charge in [0.15, 0.2) is 0 Å². The maximum atomic E-state index is 5.70. The average Bonchev–Trinajstić information content (AvgIpc) is 2.67. The van der Waals surface area contributed by atoms with Gasteiger partial charge in [0.25, 0.3) is 0 Å². The van der Waals surface area contributed by atoms with E-state index in [4.69, 9.17) is 11.6 Å². The molecule has 72 valence electrons. The van der Waals surface area contributed by atoms with Crippen molar-refractivity contribution in [1.29, 1.82) is 0 Å². The number of aromatic nitrogens is 2. The molecule has 2 rings (SSSR count). The zero-order valence-corrected chi connectivity index (χ0v) is 8.67. The van der Waals surface area contributed by atoms with Crippen molar-refractivity contribution in [3.8, 4) is 11.3 Å². The van der Waals surface area contributed by atoms with Gasteiger partial charge in [-0.25, -0.2) is 0 Å². The molecule has 3 heteroatoms. The summed E-state index contributed by atoms with van der Waals surface area (Å²) in [4.78, 5) is 0. The van der Waals surface area contributed by atoms with Crippen molar-refractivity contribution in [2.75, 3.05) is 0 Å². The molecule has 0 radical (unpaired) electrons. The van der Waals surface area contributed by atoms with E-state index in [9.17, 15) is 0 Å². The molecule has 0 atom stereocenters. The number of rotatable bonds is 2. The predicted octanol–water partition coefficient (Wildman–Crippen LogP) is 3.12. The summed E-state index contributed by atoms with van der Waals surface area (Å²) in [7, 11) is 0. The van der Waals surface area contributed by atoms with Gasteiger partial charge in [-0.05, 0) is 18.6 Å². The number of halogens is 1. The molecule has 1 aromatic carbocycles. The van der Waals surface area contributed by atoms with Crippen LogP contribution in [0.5, 0.6) is 0 Å². The van der Waals surface area contributed by atoms with Crippen LogP contribution in [0.3, 0.4) is 0 Å². The third-order valence-corrected chi connectivity index (χ3v) is 2.48. The quantitative estimate of drug-likeness (QED) is 0.752. The zero-order chi connectivity index (χ0) is 9.97. The Morgan fingerprint density at radius 3 is 2.79 bits per heavy atom. The number of H-pyrrole nitrogens is 1. The van der Waals surface area contributed by atoms with Crippen molar-refractivity contribution < 1.29 is 0 Å². The van der Waals surface area contributed by atoms with Crippen molar-refractivity contribution in [2.45, 2.75) is 12.8 Å². The molecule has 0 fully saturated rings. The fourth-order valence-corrected chi connectivity index (χ4v) is 1.57. The fraction of sp³-hybridized carbons (Fsp3) is 0.182. The first kappa shape index (κ1) is 9.28. The first-order valence-corrected chi connectivity index (χ1v) is 5.01. The summed E-state index contributed by atoms with van der Waals surface area (Å²) in [6.45, 7) is 2.07. The van der Waals surface area contributed by atoms with E-state index >= 15 is 0 Å². The smallest absolute Gasteiger partial charge is 0.0926 e. The minimum absolute atomic E-state index is 0.471. The lowest BCUT2D eigenvalue weighted by Crippen LogP contribution is -1.81. The molecule has 2 nitrogen and oxygen atoms in total. The van der Waals surface area contributed by atoms with Crippen LogP contribution in [0.4, 0.5) is 0 Å². The molecule has 0 aliphatic heterocycles. The van der Waals surface area contributed by atoms with Crippen LogP contribution in [0.2, 0.25) is 0 Å². The average molecular weight is 207 g/mol. The van der Waals surface area contributed by atoms with Gasteiger partial charge < -0.3 is 0 Å². The minimum atomic E-state index is 0.471. The SMILES string of the molecule is Cc1ccccc1-c1cc(CCl)[nH]n1. The predicted molar refractivity (Wildman–Crippen MR) is 58.3 cm³/mol. The Labute approximate surface area is 87.9 Å². The van der Waals surface area contributed by atoms with Crippen LogP contribution in [0, 0.1) is 6.92 Å². The summed E-state index contributed by atoms with van der Waals surface area (Å²) in [5, 5.41) is 7.11. The lowest BCUT2D eigenvalue weighted by Gasteiger charge is -1.99. The number of nitrogens with one attached hydrogen (secondary N) is 1. The zero-order valence-electron chi connectivity index (χ0n) is 7.92. The number of hydrogen-bond donors (Lipinski definition) is 1. The number of nitrogens with zero attached hydrogens (tertiary/aromatic N) is 1. The van der Waals surface area contributed by atoms with E-state index in [1.807, 2.05) is 18.2 Å². The highest BCUT2D eigenvalue weighted by Gasteiger charge is 2.04. The van der Waals surface area contributed by atoms with Crippen molar-refractivity contribution in [2.24, 2.45) is 0 Å². The van der Waals surface area contributed by atoms with Gasteiger partial charge in [-0.3, -0.25) is 5.10 Å². The number of hydrogen-bond acceptors (Lipinski definition) is 1. The number of benzene rings is 1. The first-order chi connectivity index (χ1) is 6.81. The van der Waals surface area contributed by atoms with Crippen LogP contribution in [0.1, 0.15) is 11.3 Å². The Hall–Kier alpha value is -1.28. The molecular weight excluding hydrogens is 196 g/mol. The molecule has 0 aliphatic carbocycles. The van der Waals surface area contributed by atoms with Crippen molar-refractivity contribution >= 4 is 11.6 Å². The van der Waals surface area contributed by atoms with Crippen molar-refractivity contribution in [1.82, 2.24) is 10.2 Å². The lowest BCUT2D eigenvalue weighted by atomic mass is 10.1. The molecule has 2 aromatic rings. The lowest BCUT2D eigenvalue weighted by molar-refractivity contribution is 1.04. The van der Waals surface area contributed by atoms with E-state index < -0.39 is 0 Å². The Morgan fingerprint density at radius 1 is 1.36 bits per heavy atom. The third-order valence-electron chi connectivity index (χ3n) is 2.20. The molecule has 0 saturated carbocycles. The van der Waals surface area contributed by atoms with Crippen LogP contribution in [0.25, 0.3) is 11.3 Å². The number of alkyl halides is 1. The van der Waals surface area contributed by atoms with Gasteiger partial charge in [-0.1, -0.05) is 24.3 Å². The van der Waals surface area contributed by atoms with E-state index in [0.29, 0.717) is 5.88 Å². The van der Waals surface area contributed by atoms with E-state index in [-0.39, 0.29) is 0 Å². The third kappa shape index (κ3) is 1.66. The summed E-state index contributed by atoms with van der Waals surface area (Å²) >= 11 is 5.70. The Balaban J connectivity index is 2.44. The second-order valence-electron chi connectivity index (χ2n) is 3.23. The summed E-state index contributed by atoms with van der Waals surface area (Å²) in [6.07, 6.45) is 0. The van der Waals surface area contributed by atoms with E-state index in [2.05, 4.69) is 29.3 Å².